The number of amides is 3. The number of aryl methyl sites for hydroxylation is 1. The summed E-state index contributed by atoms with van der Waals surface area (Å²) in [6.45, 7) is 2.64. The summed E-state index contributed by atoms with van der Waals surface area (Å²) in [6, 6.07) is 14.3. The minimum absolute atomic E-state index is 0.158. The fourth-order valence-electron chi connectivity index (χ4n) is 2.38. The van der Waals surface area contributed by atoms with Gasteiger partial charge in [-0.15, -0.1) is 0 Å². The molecule has 0 fully saturated rings. The Labute approximate surface area is 180 Å². The Morgan fingerprint density at radius 2 is 1.84 bits per heavy atom. The molecule has 2 aromatic carbocycles. The Morgan fingerprint density at radius 1 is 1.06 bits per heavy atom. The molecule has 0 saturated carbocycles. The van der Waals surface area contributed by atoms with E-state index >= 15 is 0 Å². The van der Waals surface area contributed by atoms with Crippen molar-refractivity contribution < 1.29 is 23.9 Å². The number of rotatable bonds is 10. The van der Waals surface area contributed by atoms with Crippen LogP contribution < -0.4 is 20.8 Å². The summed E-state index contributed by atoms with van der Waals surface area (Å²) in [4.78, 5) is 35.3. The molecule has 3 amide bonds. The number of anilines is 1. The monoisotopic (exact) mass is 426 g/mol. The molecule has 9 nitrogen and oxygen atoms in total. The molecule has 0 aromatic heterocycles. The van der Waals surface area contributed by atoms with Crippen molar-refractivity contribution in [2.24, 2.45) is 5.10 Å². The topological polar surface area (TPSA) is 118 Å². The largest absolute Gasteiger partial charge is 0.484 e. The fourth-order valence-corrected chi connectivity index (χ4v) is 2.38. The van der Waals surface area contributed by atoms with Gasteiger partial charge >= 0.3 is 11.8 Å². The summed E-state index contributed by atoms with van der Waals surface area (Å²) in [7, 11) is 1.56. The second-order valence-electron chi connectivity index (χ2n) is 6.58. The average Bonchev–Trinajstić information content (AvgIpc) is 2.77. The molecule has 0 heterocycles. The van der Waals surface area contributed by atoms with Crippen LogP contribution >= 0.6 is 0 Å². The van der Waals surface area contributed by atoms with Crippen molar-refractivity contribution in [2.75, 3.05) is 32.2 Å². The van der Waals surface area contributed by atoms with Crippen LogP contribution in [-0.4, -0.2) is 50.8 Å². The predicted molar refractivity (Wildman–Crippen MR) is 117 cm³/mol. The second-order valence-corrected chi connectivity index (χ2v) is 6.58. The zero-order chi connectivity index (χ0) is 22.5. The van der Waals surface area contributed by atoms with E-state index < -0.39 is 11.8 Å². The molecule has 0 atom stereocenters. The third-order valence-electron chi connectivity index (χ3n) is 3.96. The number of benzene rings is 2. The van der Waals surface area contributed by atoms with Gasteiger partial charge < -0.3 is 20.1 Å². The van der Waals surface area contributed by atoms with Gasteiger partial charge in [0.2, 0.25) is 0 Å². The lowest BCUT2D eigenvalue weighted by molar-refractivity contribution is -0.139. The number of hydrogen-bond acceptors (Lipinski definition) is 6. The number of hydrogen-bond donors (Lipinski definition) is 3. The van der Waals surface area contributed by atoms with E-state index in [-0.39, 0.29) is 12.5 Å². The van der Waals surface area contributed by atoms with Crippen LogP contribution in [0.1, 0.15) is 17.5 Å². The zero-order valence-corrected chi connectivity index (χ0v) is 17.5. The van der Waals surface area contributed by atoms with Gasteiger partial charge in [-0.2, -0.15) is 5.10 Å². The first kappa shape index (κ1) is 23.6. The van der Waals surface area contributed by atoms with Gasteiger partial charge in [0.05, 0.1) is 6.21 Å². The van der Waals surface area contributed by atoms with E-state index in [4.69, 9.17) is 9.47 Å². The zero-order valence-electron chi connectivity index (χ0n) is 17.5. The number of carbonyl (C=O) groups excluding carboxylic acids is 3. The lowest BCUT2D eigenvalue weighted by atomic mass is 10.2. The molecule has 0 aliphatic heterocycles. The molecule has 0 bridgehead atoms. The highest BCUT2D eigenvalue weighted by atomic mass is 16.5. The highest BCUT2D eigenvalue weighted by Crippen LogP contribution is 2.13. The molecule has 0 aliphatic carbocycles. The first-order valence-corrected chi connectivity index (χ1v) is 9.67. The molecule has 2 aromatic rings. The van der Waals surface area contributed by atoms with Gasteiger partial charge in [-0.25, -0.2) is 5.43 Å². The third kappa shape index (κ3) is 9.09. The third-order valence-corrected chi connectivity index (χ3v) is 3.96. The van der Waals surface area contributed by atoms with Crippen LogP contribution in [0.25, 0.3) is 0 Å². The van der Waals surface area contributed by atoms with Gasteiger partial charge in [0.15, 0.2) is 6.61 Å². The summed E-state index contributed by atoms with van der Waals surface area (Å²) >= 11 is 0. The predicted octanol–water partition coefficient (Wildman–Crippen LogP) is 1.62. The lowest BCUT2D eigenvalue weighted by Crippen LogP contribution is -2.38. The fraction of sp³-hybridized carbons (Fsp3) is 0.273. The Kier molecular flexibility index (Phi) is 9.70. The van der Waals surface area contributed by atoms with Crippen LogP contribution in [0.5, 0.6) is 5.75 Å². The minimum atomic E-state index is -0.867. The highest BCUT2D eigenvalue weighted by Gasteiger charge is 2.11. The van der Waals surface area contributed by atoms with Crippen LogP contribution in [0.4, 0.5) is 5.69 Å². The Bertz CT molecular complexity index is 912. The second kappa shape index (κ2) is 12.8. The van der Waals surface area contributed by atoms with Crippen molar-refractivity contribution >= 4 is 29.6 Å². The molecule has 0 unspecified atom stereocenters. The number of nitrogens with zero attached hydrogens (tertiary/aromatic N) is 1. The van der Waals surface area contributed by atoms with Crippen molar-refractivity contribution in [3.8, 4) is 5.75 Å². The normalized spacial score (nSPS) is 10.5. The quantitative estimate of drug-likeness (QED) is 0.231. The van der Waals surface area contributed by atoms with Gasteiger partial charge in [0.1, 0.15) is 5.75 Å². The maximum atomic E-state index is 12.0. The van der Waals surface area contributed by atoms with Crippen molar-refractivity contribution in [3.05, 3.63) is 59.7 Å². The van der Waals surface area contributed by atoms with Gasteiger partial charge in [0, 0.05) is 25.9 Å². The molecular weight excluding hydrogens is 400 g/mol. The van der Waals surface area contributed by atoms with Crippen molar-refractivity contribution in [1.82, 2.24) is 10.7 Å². The highest BCUT2D eigenvalue weighted by molar-refractivity contribution is 6.35. The van der Waals surface area contributed by atoms with E-state index in [2.05, 4.69) is 21.2 Å². The number of carbonyl (C=O) groups is 3. The molecule has 0 aliphatic rings. The molecule has 0 saturated heterocycles. The van der Waals surface area contributed by atoms with E-state index in [0.29, 0.717) is 36.6 Å². The molecule has 9 heteroatoms. The van der Waals surface area contributed by atoms with E-state index in [9.17, 15) is 14.4 Å². The summed E-state index contributed by atoms with van der Waals surface area (Å²) in [6.07, 6.45) is 1.98. The van der Waals surface area contributed by atoms with Crippen LogP contribution in [0.2, 0.25) is 0 Å². The molecule has 3 N–H and O–H groups in total. The maximum Gasteiger partial charge on any atom is 0.329 e. The van der Waals surface area contributed by atoms with Crippen molar-refractivity contribution in [3.63, 3.8) is 0 Å². The molecule has 31 heavy (non-hydrogen) atoms. The minimum Gasteiger partial charge on any atom is -0.484 e. The van der Waals surface area contributed by atoms with Gasteiger partial charge in [0.25, 0.3) is 5.91 Å². The van der Waals surface area contributed by atoms with Crippen LogP contribution in [0.15, 0.2) is 53.6 Å². The molecule has 0 spiro atoms. The number of methoxy groups -OCH3 is 1. The molecule has 0 radical (unpaired) electrons. The summed E-state index contributed by atoms with van der Waals surface area (Å²) in [5.41, 5.74) is 4.57. The Balaban J connectivity index is 1.77. The summed E-state index contributed by atoms with van der Waals surface area (Å²) < 4.78 is 10.4. The standard InChI is InChI=1S/C22H26N4O5/c1-16-7-9-18(10-8-16)25-20(27)15-31-19-6-3-5-17(13-19)14-24-26-22(29)21(28)23-11-4-12-30-2/h3,5-10,13-14H,4,11-12,15H2,1-2H3,(H,23,28)(H,25,27)(H,26,29)/b24-14-. The van der Waals surface area contributed by atoms with Crippen LogP contribution in [0.3, 0.4) is 0 Å². The number of hydrazone groups is 1. The first-order chi connectivity index (χ1) is 15.0. The molecule has 164 valence electrons. The van der Waals surface area contributed by atoms with E-state index in [1.807, 2.05) is 31.2 Å². The molecule has 2 rings (SSSR count). The van der Waals surface area contributed by atoms with E-state index in [0.717, 1.165) is 5.56 Å². The summed E-state index contributed by atoms with van der Waals surface area (Å²) in [5.74, 6) is -1.46. The first-order valence-electron chi connectivity index (χ1n) is 9.67. The van der Waals surface area contributed by atoms with E-state index in [1.54, 1.807) is 31.4 Å². The number of nitrogens with one attached hydrogen (secondary N) is 3. The number of ether oxygens (including phenoxy) is 2. The van der Waals surface area contributed by atoms with Crippen LogP contribution in [0, 0.1) is 6.92 Å². The summed E-state index contributed by atoms with van der Waals surface area (Å²) in [5, 5.41) is 8.97. The van der Waals surface area contributed by atoms with Crippen molar-refractivity contribution in [2.45, 2.75) is 13.3 Å². The average molecular weight is 426 g/mol. The smallest absolute Gasteiger partial charge is 0.329 e. The SMILES string of the molecule is COCCCNC(=O)C(=O)N/N=C\c1cccc(OCC(=O)Nc2ccc(C)cc2)c1. The van der Waals surface area contributed by atoms with E-state index in [1.165, 1.54) is 6.21 Å². The van der Waals surface area contributed by atoms with Crippen molar-refractivity contribution in [1.29, 1.82) is 0 Å². The maximum absolute atomic E-state index is 12.0. The van der Waals surface area contributed by atoms with Gasteiger partial charge in [-0.05, 0) is 43.2 Å². The Hall–Kier alpha value is -3.72. The Morgan fingerprint density at radius 3 is 2.58 bits per heavy atom. The molecular formula is C22H26N4O5. The van der Waals surface area contributed by atoms with Gasteiger partial charge in [-0.1, -0.05) is 29.8 Å². The lowest BCUT2D eigenvalue weighted by Gasteiger charge is -2.08. The van der Waals surface area contributed by atoms with Gasteiger partial charge in [-0.3, -0.25) is 14.4 Å². The van der Waals surface area contributed by atoms with Crippen LogP contribution in [-0.2, 0) is 19.1 Å².